The number of carbonyl (C=O) groups excluding carboxylic acids is 2. The SMILES string of the molecule is COc1ccccc1OCC(=O)NCC(=O)Nc1ccc(N(C)C)cc1. The Balaban J connectivity index is 1.75. The quantitative estimate of drug-likeness (QED) is 0.754. The smallest absolute Gasteiger partial charge is 0.258 e. The Bertz CT molecular complexity index is 745. The van der Waals surface area contributed by atoms with Crippen LogP contribution in [0.3, 0.4) is 0 Å². The van der Waals surface area contributed by atoms with Crippen LogP contribution in [0.5, 0.6) is 11.5 Å². The van der Waals surface area contributed by atoms with Crippen LogP contribution >= 0.6 is 0 Å². The van der Waals surface area contributed by atoms with Gasteiger partial charge in [0.2, 0.25) is 5.91 Å². The van der Waals surface area contributed by atoms with E-state index in [0.717, 1.165) is 5.69 Å². The number of benzene rings is 2. The molecule has 2 aromatic rings. The van der Waals surface area contributed by atoms with E-state index in [1.165, 1.54) is 7.11 Å². The summed E-state index contributed by atoms with van der Waals surface area (Å²) in [7, 11) is 5.41. The van der Waals surface area contributed by atoms with Crippen LogP contribution in [0.2, 0.25) is 0 Å². The third kappa shape index (κ3) is 5.70. The Hall–Kier alpha value is -3.22. The topological polar surface area (TPSA) is 79.9 Å². The van der Waals surface area contributed by atoms with Gasteiger partial charge in [0.15, 0.2) is 18.1 Å². The number of anilines is 2. The average molecular weight is 357 g/mol. The molecule has 0 aliphatic carbocycles. The molecule has 26 heavy (non-hydrogen) atoms. The van der Waals surface area contributed by atoms with E-state index in [0.29, 0.717) is 17.2 Å². The van der Waals surface area contributed by atoms with Crippen LogP contribution in [0, 0.1) is 0 Å². The number of amides is 2. The van der Waals surface area contributed by atoms with Gasteiger partial charge in [-0.25, -0.2) is 0 Å². The molecule has 0 spiro atoms. The maximum absolute atomic E-state index is 11.9. The third-order valence-corrected chi connectivity index (χ3v) is 3.54. The first kappa shape index (κ1) is 19.1. The minimum Gasteiger partial charge on any atom is -0.493 e. The Morgan fingerprint density at radius 3 is 2.23 bits per heavy atom. The summed E-state index contributed by atoms with van der Waals surface area (Å²) in [5, 5.41) is 5.24. The number of carbonyl (C=O) groups is 2. The maximum atomic E-state index is 11.9. The molecular weight excluding hydrogens is 334 g/mol. The second kappa shape index (κ2) is 9.31. The van der Waals surface area contributed by atoms with Crippen molar-refractivity contribution < 1.29 is 19.1 Å². The second-order valence-electron chi connectivity index (χ2n) is 5.71. The molecule has 0 heterocycles. The van der Waals surface area contributed by atoms with Crippen LogP contribution in [-0.4, -0.2) is 46.2 Å². The van der Waals surface area contributed by atoms with Gasteiger partial charge in [-0.15, -0.1) is 0 Å². The largest absolute Gasteiger partial charge is 0.493 e. The number of nitrogens with one attached hydrogen (secondary N) is 2. The molecule has 0 aromatic heterocycles. The molecule has 0 radical (unpaired) electrons. The number of rotatable bonds is 8. The predicted octanol–water partition coefficient (Wildman–Crippen LogP) is 1.89. The van der Waals surface area contributed by atoms with Crippen molar-refractivity contribution in [2.24, 2.45) is 0 Å². The van der Waals surface area contributed by atoms with Gasteiger partial charge < -0.3 is 25.0 Å². The lowest BCUT2D eigenvalue weighted by Crippen LogP contribution is -2.35. The van der Waals surface area contributed by atoms with Gasteiger partial charge in [-0.3, -0.25) is 9.59 Å². The van der Waals surface area contributed by atoms with Crippen LogP contribution in [0.4, 0.5) is 11.4 Å². The number of ether oxygens (including phenoxy) is 2. The van der Waals surface area contributed by atoms with Crippen molar-refractivity contribution in [3.05, 3.63) is 48.5 Å². The fourth-order valence-electron chi connectivity index (χ4n) is 2.16. The van der Waals surface area contributed by atoms with Crippen LogP contribution in [0.1, 0.15) is 0 Å². The molecule has 2 amide bonds. The molecule has 0 unspecified atom stereocenters. The highest BCUT2D eigenvalue weighted by atomic mass is 16.5. The molecule has 2 N–H and O–H groups in total. The Morgan fingerprint density at radius 1 is 0.962 bits per heavy atom. The van der Waals surface area contributed by atoms with E-state index in [9.17, 15) is 9.59 Å². The summed E-state index contributed by atoms with van der Waals surface area (Å²) in [5.41, 5.74) is 1.70. The number of hydrogen-bond donors (Lipinski definition) is 2. The van der Waals surface area contributed by atoms with Crippen molar-refractivity contribution in [1.29, 1.82) is 0 Å². The van der Waals surface area contributed by atoms with E-state index in [1.54, 1.807) is 36.4 Å². The summed E-state index contributed by atoms with van der Waals surface area (Å²) in [5.74, 6) is 0.303. The van der Waals surface area contributed by atoms with E-state index >= 15 is 0 Å². The van der Waals surface area contributed by atoms with Gasteiger partial charge in [0, 0.05) is 25.5 Å². The highest BCUT2D eigenvalue weighted by Crippen LogP contribution is 2.25. The molecule has 0 bridgehead atoms. The van der Waals surface area contributed by atoms with Crippen LogP contribution in [0.25, 0.3) is 0 Å². The van der Waals surface area contributed by atoms with Crippen molar-refractivity contribution in [3.63, 3.8) is 0 Å². The number of hydrogen-bond acceptors (Lipinski definition) is 5. The van der Waals surface area contributed by atoms with Gasteiger partial charge in [-0.2, -0.15) is 0 Å². The molecule has 7 nitrogen and oxygen atoms in total. The fraction of sp³-hybridized carbons (Fsp3) is 0.263. The molecule has 0 saturated heterocycles. The molecule has 0 saturated carbocycles. The first-order chi connectivity index (χ1) is 12.5. The monoisotopic (exact) mass is 357 g/mol. The van der Waals surface area contributed by atoms with Gasteiger partial charge in [-0.05, 0) is 36.4 Å². The van der Waals surface area contributed by atoms with Crippen LogP contribution < -0.4 is 25.0 Å². The molecule has 138 valence electrons. The number of methoxy groups -OCH3 is 1. The van der Waals surface area contributed by atoms with Gasteiger partial charge in [-0.1, -0.05) is 12.1 Å². The summed E-state index contributed by atoms with van der Waals surface area (Å²) in [4.78, 5) is 25.7. The summed E-state index contributed by atoms with van der Waals surface area (Å²) < 4.78 is 10.5. The van der Waals surface area contributed by atoms with Crippen molar-refractivity contribution >= 4 is 23.2 Å². The van der Waals surface area contributed by atoms with E-state index in [-0.39, 0.29) is 19.1 Å². The highest BCUT2D eigenvalue weighted by Gasteiger charge is 2.09. The molecule has 2 rings (SSSR count). The normalized spacial score (nSPS) is 9.96. The van der Waals surface area contributed by atoms with Crippen molar-refractivity contribution in [2.45, 2.75) is 0 Å². The molecule has 0 fully saturated rings. The zero-order valence-corrected chi connectivity index (χ0v) is 15.1. The van der Waals surface area contributed by atoms with Crippen LogP contribution in [-0.2, 0) is 9.59 Å². The predicted molar refractivity (Wildman–Crippen MR) is 101 cm³/mol. The first-order valence-corrected chi connectivity index (χ1v) is 8.09. The molecule has 2 aromatic carbocycles. The van der Waals surface area contributed by atoms with Gasteiger partial charge in [0.05, 0.1) is 13.7 Å². The first-order valence-electron chi connectivity index (χ1n) is 8.09. The molecule has 0 atom stereocenters. The molecule has 0 aliphatic heterocycles. The number of para-hydroxylation sites is 2. The van der Waals surface area contributed by atoms with Gasteiger partial charge >= 0.3 is 0 Å². The zero-order valence-electron chi connectivity index (χ0n) is 15.1. The Kier molecular flexibility index (Phi) is 6.84. The Morgan fingerprint density at radius 2 is 1.62 bits per heavy atom. The minimum atomic E-state index is -0.394. The van der Waals surface area contributed by atoms with E-state index < -0.39 is 5.91 Å². The lowest BCUT2D eigenvalue weighted by atomic mass is 10.2. The lowest BCUT2D eigenvalue weighted by molar-refractivity contribution is -0.125. The maximum Gasteiger partial charge on any atom is 0.258 e. The molecular formula is C19H23N3O4. The van der Waals surface area contributed by atoms with Crippen LogP contribution in [0.15, 0.2) is 48.5 Å². The van der Waals surface area contributed by atoms with Gasteiger partial charge in [0.25, 0.3) is 5.91 Å². The number of nitrogens with zero attached hydrogens (tertiary/aromatic N) is 1. The standard InChI is InChI=1S/C19H23N3O4/c1-22(2)15-10-8-14(9-11-15)21-18(23)12-20-19(24)13-26-17-7-5-4-6-16(17)25-3/h4-11H,12-13H2,1-3H3,(H,20,24)(H,21,23). The van der Waals surface area contributed by atoms with E-state index in [4.69, 9.17) is 9.47 Å². The van der Waals surface area contributed by atoms with Crippen molar-refractivity contribution in [3.8, 4) is 11.5 Å². The molecule has 0 aliphatic rings. The average Bonchev–Trinajstić information content (AvgIpc) is 2.65. The molecule has 7 heteroatoms. The van der Waals surface area contributed by atoms with E-state index in [2.05, 4.69) is 10.6 Å². The van der Waals surface area contributed by atoms with Crippen molar-refractivity contribution in [1.82, 2.24) is 5.32 Å². The summed E-state index contributed by atoms with van der Waals surface area (Å²) in [6.45, 7) is -0.339. The zero-order chi connectivity index (χ0) is 18.9. The van der Waals surface area contributed by atoms with Crippen molar-refractivity contribution in [2.75, 3.05) is 44.6 Å². The van der Waals surface area contributed by atoms with E-state index in [1.807, 2.05) is 31.1 Å². The highest BCUT2D eigenvalue weighted by molar-refractivity contribution is 5.94. The Labute approximate surface area is 152 Å². The summed E-state index contributed by atoms with van der Waals surface area (Å²) in [6, 6.07) is 14.4. The fourth-order valence-corrected chi connectivity index (χ4v) is 2.16. The lowest BCUT2D eigenvalue weighted by Gasteiger charge is -2.13. The summed E-state index contributed by atoms with van der Waals surface area (Å²) >= 11 is 0. The van der Waals surface area contributed by atoms with Gasteiger partial charge in [0.1, 0.15) is 0 Å². The minimum absolute atomic E-state index is 0.135. The summed E-state index contributed by atoms with van der Waals surface area (Å²) in [6.07, 6.45) is 0. The second-order valence-corrected chi connectivity index (χ2v) is 5.71. The third-order valence-electron chi connectivity index (χ3n) is 3.54.